The predicted octanol–water partition coefficient (Wildman–Crippen LogP) is 1.27. The highest BCUT2D eigenvalue weighted by atomic mass is 16.5. The van der Waals surface area contributed by atoms with E-state index in [2.05, 4.69) is 15.4 Å². The van der Waals surface area contributed by atoms with Gasteiger partial charge in [0.2, 0.25) is 0 Å². The lowest BCUT2D eigenvalue weighted by molar-refractivity contribution is 0.0602. The SMILES string of the molecule is COC(=O)c1cccc2c1NCN2. The van der Waals surface area contributed by atoms with E-state index < -0.39 is 0 Å². The Bertz CT molecular complexity index is 349. The van der Waals surface area contributed by atoms with Crippen molar-refractivity contribution < 1.29 is 9.53 Å². The zero-order valence-corrected chi connectivity index (χ0v) is 7.26. The van der Waals surface area contributed by atoms with E-state index in [1.165, 1.54) is 7.11 Å². The van der Waals surface area contributed by atoms with E-state index in [0.717, 1.165) is 11.4 Å². The highest BCUT2D eigenvalue weighted by molar-refractivity contribution is 6.00. The lowest BCUT2D eigenvalue weighted by Crippen LogP contribution is -2.05. The van der Waals surface area contributed by atoms with Gasteiger partial charge in [-0.1, -0.05) is 6.07 Å². The summed E-state index contributed by atoms with van der Waals surface area (Å²) in [5.74, 6) is -0.312. The molecule has 0 aromatic heterocycles. The van der Waals surface area contributed by atoms with E-state index in [9.17, 15) is 4.79 Å². The van der Waals surface area contributed by atoms with Crippen LogP contribution < -0.4 is 10.6 Å². The maximum atomic E-state index is 11.3. The number of fused-ring (bicyclic) bond motifs is 1. The molecule has 0 amide bonds. The summed E-state index contributed by atoms with van der Waals surface area (Å²) in [4.78, 5) is 11.3. The molecule has 0 fully saturated rings. The third-order valence-corrected chi connectivity index (χ3v) is 2.01. The molecule has 0 atom stereocenters. The van der Waals surface area contributed by atoms with Crippen molar-refractivity contribution in [3.63, 3.8) is 0 Å². The maximum absolute atomic E-state index is 11.3. The molecule has 2 rings (SSSR count). The lowest BCUT2D eigenvalue weighted by Gasteiger charge is -2.04. The molecule has 4 nitrogen and oxygen atoms in total. The van der Waals surface area contributed by atoms with Crippen LogP contribution >= 0.6 is 0 Å². The number of hydrogen-bond donors (Lipinski definition) is 2. The molecule has 1 aliphatic rings. The molecular weight excluding hydrogens is 168 g/mol. The van der Waals surface area contributed by atoms with Gasteiger partial charge in [0.25, 0.3) is 0 Å². The van der Waals surface area contributed by atoms with Gasteiger partial charge < -0.3 is 15.4 Å². The molecule has 1 aromatic carbocycles. The summed E-state index contributed by atoms with van der Waals surface area (Å²) >= 11 is 0. The van der Waals surface area contributed by atoms with Gasteiger partial charge >= 0.3 is 5.97 Å². The highest BCUT2D eigenvalue weighted by Crippen LogP contribution is 2.29. The molecule has 0 spiro atoms. The van der Waals surface area contributed by atoms with Gasteiger partial charge in [0.15, 0.2) is 0 Å². The molecule has 2 N–H and O–H groups in total. The average Bonchev–Trinajstić information content (AvgIpc) is 2.63. The molecule has 0 saturated carbocycles. The molecule has 1 aliphatic heterocycles. The fourth-order valence-corrected chi connectivity index (χ4v) is 1.40. The van der Waals surface area contributed by atoms with E-state index in [1.54, 1.807) is 6.07 Å². The van der Waals surface area contributed by atoms with Crippen LogP contribution in [-0.4, -0.2) is 19.7 Å². The average molecular weight is 178 g/mol. The van der Waals surface area contributed by atoms with E-state index in [1.807, 2.05) is 12.1 Å². The zero-order chi connectivity index (χ0) is 9.26. The van der Waals surface area contributed by atoms with Crippen LogP contribution in [0.5, 0.6) is 0 Å². The van der Waals surface area contributed by atoms with Crippen molar-refractivity contribution >= 4 is 17.3 Å². The first-order valence-electron chi connectivity index (χ1n) is 4.02. The molecule has 13 heavy (non-hydrogen) atoms. The van der Waals surface area contributed by atoms with Crippen LogP contribution in [0.15, 0.2) is 18.2 Å². The number of ether oxygens (including phenoxy) is 1. The first-order chi connectivity index (χ1) is 6.33. The molecule has 1 aromatic rings. The number of nitrogens with one attached hydrogen (secondary N) is 2. The van der Waals surface area contributed by atoms with Gasteiger partial charge in [-0.3, -0.25) is 0 Å². The normalized spacial score (nSPS) is 12.7. The third-order valence-electron chi connectivity index (χ3n) is 2.01. The van der Waals surface area contributed by atoms with Gasteiger partial charge in [-0.15, -0.1) is 0 Å². The number of carbonyl (C=O) groups is 1. The number of anilines is 2. The lowest BCUT2D eigenvalue weighted by atomic mass is 10.1. The number of para-hydroxylation sites is 1. The minimum atomic E-state index is -0.312. The van der Waals surface area contributed by atoms with E-state index >= 15 is 0 Å². The number of methoxy groups -OCH3 is 1. The quantitative estimate of drug-likeness (QED) is 0.636. The van der Waals surface area contributed by atoms with Crippen molar-refractivity contribution in [2.75, 3.05) is 24.4 Å². The van der Waals surface area contributed by atoms with Crippen molar-refractivity contribution in [1.29, 1.82) is 0 Å². The fourth-order valence-electron chi connectivity index (χ4n) is 1.40. The Morgan fingerprint density at radius 2 is 2.31 bits per heavy atom. The second-order valence-electron chi connectivity index (χ2n) is 2.75. The van der Waals surface area contributed by atoms with E-state index in [-0.39, 0.29) is 5.97 Å². The van der Waals surface area contributed by atoms with Crippen LogP contribution in [0.2, 0.25) is 0 Å². The van der Waals surface area contributed by atoms with Gasteiger partial charge in [-0.25, -0.2) is 4.79 Å². The molecule has 1 heterocycles. The standard InChI is InChI=1S/C9H10N2O2/c1-13-9(12)6-3-2-4-7-8(6)11-5-10-7/h2-4,10-11H,5H2,1H3. The maximum Gasteiger partial charge on any atom is 0.340 e. The molecule has 0 aliphatic carbocycles. The second kappa shape index (κ2) is 2.97. The summed E-state index contributed by atoms with van der Waals surface area (Å²) in [7, 11) is 1.38. The molecule has 4 heteroatoms. The van der Waals surface area contributed by atoms with Crippen molar-refractivity contribution in [2.24, 2.45) is 0 Å². The van der Waals surface area contributed by atoms with Crippen LogP contribution in [0.25, 0.3) is 0 Å². The van der Waals surface area contributed by atoms with Gasteiger partial charge in [0.05, 0.1) is 30.7 Å². The summed E-state index contributed by atoms with van der Waals surface area (Å²) in [6.45, 7) is 0.656. The number of esters is 1. The van der Waals surface area contributed by atoms with Crippen molar-refractivity contribution in [2.45, 2.75) is 0 Å². The molecule has 0 bridgehead atoms. The van der Waals surface area contributed by atoms with Gasteiger partial charge in [0.1, 0.15) is 0 Å². The van der Waals surface area contributed by atoms with Gasteiger partial charge in [0, 0.05) is 0 Å². The third kappa shape index (κ3) is 1.20. The number of benzene rings is 1. The molecule has 0 saturated heterocycles. The van der Waals surface area contributed by atoms with Gasteiger partial charge in [-0.05, 0) is 12.1 Å². The Kier molecular flexibility index (Phi) is 1.81. The first-order valence-corrected chi connectivity index (χ1v) is 4.02. The van der Waals surface area contributed by atoms with Crippen molar-refractivity contribution in [1.82, 2.24) is 0 Å². The van der Waals surface area contributed by atoms with Crippen LogP contribution in [0.1, 0.15) is 10.4 Å². The minimum absolute atomic E-state index is 0.312. The Morgan fingerprint density at radius 3 is 3.08 bits per heavy atom. The summed E-state index contributed by atoms with van der Waals surface area (Å²) in [6, 6.07) is 5.48. The smallest absolute Gasteiger partial charge is 0.340 e. The largest absolute Gasteiger partial charge is 0.465 e. The number of rotatable bonds is 1. The summed E-state index contributed by atoms with van der Waals surface area (Å²) in [6.07, 6.45) is 0. The van der Waals surface area contributed by atoms with Crippen molar-refractivity contribution in [3.05, 3.63) is 23.8 Å². The molecule has 68 valence electrons. The molecule has 0 radical (unpaired) electrons. The monoisotopic (exact) mass is 178 g/mol. The fraction of sp³-hybridized carbons (Fsp3) is 0.222. The number of carbonyl (C=O) groups excluding carboxylic acids is 1. The summed E-state index contributed by atoms with van der Waals surface area (Å²) in [5, 5.41) is 6.17. The van der Waals surface area contributed by atoms with Gasteiger partial charge in [-0.2, -0.15) is 0 Å². The Balaban J connectivity index is 2.47. The van der Waals surface area contributed by atoms with Crippen LogP contribution in [0, 0.1) is 0 Å². The van der Waals surface area contributed by atoms with Crippen LogP contribution in [-0.2, 0) is 4.74 Å². The Hall–Kier alpha value is -1.71. The topological polar surface area (TPSA) is 50.4 Å². The zero-order valence-electron chi connectivity index (χ0n) is 7.26. The summed E-state index contributed by atoms with van der Waals surface area (Å²) in [5.41, 5.74) is 2.35. The van der Waals surface area contributed by atoms with E-state index in [4.69, 9.17) is 0 Å². The van der Waals surface area contributed by atoms with Crippen LogP contribution in [0.3, 0.4) is 0 Å². The van der Waals surface area contributed by atoms with Crippen LogP contribution in [0.4, 0.5) is 11.4 Å². The van der Waals surface area contributed by atoms with E-state index in [0.29, 0.717) is 12.2 Å². The first kappa shape index (κ1) is 7.91. The Morgan fingerprint density at radius 1 is 1.46 bits per heavy atom. The number of hydrogen-bond acceptors (Lipinski definition) is 4. The second-order valence-corrected chi connectivity index (χ2v) is 2.75. The highest BCUT2D eigenvalue weighted by Gasteiger charge is 2.17. The predicted molar refractivity (Wildman–Crippen MR) is 49.9 cm³/mol. The minimum Gasteiger partial charge on any atom is -0.465 e. The molecular formula is C9H10N2O2. The summed E-state index contributed by atoms with van der Waals surface area (Å²) < 4.78 is 4.65. The molecule has 0 unspecified atom stereocenters. The Labute approximate surface area is 75.9 Å². The van der Waals surface area contributed by atoms with Crippen molar-refractivity contribution in [3.8, 4) is 0 Å².